The molecule has 0 amide bonds. The molecule has 0 bridgehead atoms. The Morgan fingerprint density at radius 3 is 1.77 bits per heavy atom. The van der Waals surface area contributed by atoms with Crippen molar-refractivity contribution in [3.05, 3.63) is 43.0 Å². The van der Waals surface area contributed by atoms with Crippen LogP contribution in [0.2, 0.25) is 0 Å². The molecule has 0 aliphatic carbocycles. The number of H-pyrrole nitrogens is 1. The lowest BCUT2D eigenvalue weighted by Gasteiger charge is -2.21. The first-order valence-electron chi connectivity index (χ1n) is 18.4. The molecule has 270 valence electrons. The summed E-state index contributed by atoms with van der Waals surface area (Å²) in [6.07, 6.45) is 23.5. The zero-order valence-electron chi connectivity index (χ0n) is 29.4. The van der Waals surface area contributed by atoms with Gasteiger partial charge in [-0.1, -0.05) is 135 Å². The molecule has 0 radical (unpaired) electrons. The Morgan fingerprint density at radius 2 is 1.30 bits per heavy atom. The normalized spacial score (nSPS) is 18.1. The highest BCUT2D eigenvalue weighted by Crippen LogP contribution is 2.50. The van der Waals surface area contributed by atoms with Gasteiger partial charge in [0.05, 0.1) is 32.0 Å². The van der Waals surface area contributed by atoms with E-state index < -0.39 is 37.4 Å². The number of aromatic amines is 1. The maximum atomic E-state index is 13.7. The molecule has 2 rings (SSSR count). The zero-order chi connectivity index (χ0) is 34.2. The number of hydrogen-bond donors (Lipinski definition) is 1. The Balaban J connectivity index is 1.87. The number of azide groups is 1. The van der Waals surface area contributed by atoms with E-state index in [-0.39, 0.29) is 26.2 Å². The summed E-state index contributed by atoms with van der Waals surface area (Å²) < 4.78 is 38.3. The second kappa shape index (κ2) is 25.1. The first-order chi connectivity index (χ1) is 22.8. The summed E-state index contributed by atoms with van der Waals surface area (Å²) in [6.45, 7) is 6.35. The third-order valence-electron chi connectivity index (χ3n) is 8.75. The Labute approximate surface area is 281 Å². The fourth-order valence-corrected chi connectivity index (χ4v) is 7.09. The minimum Gasteiger partial charge on any atom is -0.352 e. The lowest BCUT2D eigenvalue weighted by atomic mass is 10.1. The fraction of sp³-hybridized carbons (Fsp3) is 0.882. The van der Waals surface area contributed by atoms with E-state index >= 15 is 0 Å². The largest absolute Gasteiger partial charge is 0.474 e. The van der Waals surface area contributed by atoms with Gasteiger partial charge in [-0.05, 0) is 25.3 Å². The number of ether oxygens (including phenoxy) is 1. The predicted octanol–water partition coefficient (Wildman–Crippen LogP) is 9.81. The average molecular weight is 684 g/mol. The molecular formula is C34H62N5O7P. The van der Waals surface area contributed by atoms with E-state index in [2.05, 4.69) is 28.9 Å². The average Bonchev–Trinajstić information content (AvgIpc) is 3.45. The third kappa shape index (κ3) is 17.3. The quantitative estimate of drug-likeness (QED) is 0.0289. The summed E-state index contributed by atoms with van der Waals surface area (Å²) in [5.41, 5.74) is 8.39. The monoisotopic (exact) mass is 683 g/mol. The molecule has 2 heterocycles. The SMILES string of the molecule is CCCCCCCCCCCCOP(=O)(OCCCCCCCCCCCC)OC[C@H]1O[C@@H](n2cc(C)c(=O)[nH]c2=O)C[C@@H]1N=[N+]=[N-]. The summed E-state index contributed by atoms with van der Waals surface area (Å²) in [4.78, 5) is 29.5. The molecule has 1 aromatic heterocycles. The molecule has 0 unspecified atom stereocenters. The van der Waals surface area contributed by atoms with Gasteiger partial charge in [-0.25, -0.2) is 9.36 Å². The maximum absolute atomic E-state index is 13.7. The minimum absolute atomic E-state index is 0.187. The van der Waals surface area contributed by atoms with Crippen LogP contribution < -0.4 is 11.2 Å². The standard InChI is InChI=1S/C34H62N5O7P/c1-4-6-8-10-12-14-16-18-20-22-24-43-47(42,44-25-23-21-19-17-15-13-11-9-7-5-2)45-28-31-30(37-38-35)26-32(46-31)39-27-29(3)33(40)36-34(39)41/h27,30-32H,4-26,28H2,1-3H3,(H,36,40,41)/t30-,31+,32+/m0/s1. The molecule has 1 aliphatic rings. The highest BCUT2D eigenvalue weighted by molar-refractivity contribution is 7.48. The van der Waals surface area contributed by atoms with Crippen molar-refractivity contribution in [1.29, 1.82) is 0 Å². The van der Waals surface area contributed by atoms with Crippen LogP contribution in [0, 0.1) is 6.92 Å². The van der Waals surface area contributed by atoms with Crippen molar-refractivity contribution in [3.8, 4) is 0 Å². The fourth-order valence-electron chi connectivity index (χ4n) is 5.83. The Hall–Kier alpha value is -1.94. The lowest BCUT2D eigenvalue weighted by molar-refractivity contribution is -0.0305. The summed E-state index contributed by atoms with van der Waals surface area (Å²) in [5, 5.41) is 3.83. The molecule has 1 aromatic rings. The number of aromatic nitrogens is 2. The zero-order valence-corrected chi connectivity index (χ0v) is 30.3. The second-order valence-corrected chi connectivity index (χ2v) is 14.6. The van der Waals surface area contributed by atoms with E-state index in [1.54, 1.807) is 6.92 Å². The van der Waals surface area contributed by atoms with E-state index in [0.717, 1.165) is 38.5 Å². The van der Waals surface area contributed by atoms with Gasteiger partial charge in [0.15, 0.2) is 0 Å². The summed E-state index contributed by atoms with van der Waals surface area (Å²) >= 11 is 0. The molecule has 0 spiro atoms. The molecule has 12 nitrogen and oxygen atoms in total. The number of phosphoric ester groups is 1. The molecular weight excluding hydrogens is 621 g/mol. The van der Waals surface area contributed by atoms with Crippen molar-refractivity contribution in [2.75, 3.05) is 19.8 Å². The van der Waals surface area contributed by atoms with Crippen molar-refractivity contribution >= 4 is 7.82 Å². The van der Waals surface area contributed by atoms with Crippen LogP contribution in [-0.4, -0.2) is 41.5 Å². The number of hydrogen-bond acceptors (Lipinski definition) is 8. The highest BCUT2D eigenvalue weighted by Gasteiger charge is 2.39. The van der Waals surface area contributed by atoms with Gasteiger partial charge in [0, 0.05) is 23.1 Å². The molecule has 13 heteroatoms. The van der Waals surface area contributed by atoms with Crippen molar-refractivity contribution in [1.82, 2.24) is 9.55 Å². The van der Waals surface area contributed by atoms with Crippen LogP contribution in [0.4, 0.5) is 0 Å². The van der Waals surface area contributed by atoms with E-state index in [1.165, 1.54) is 101 Å². The van der Waals surface area contributed by atoms with Crippen molar-refractivity contribution in [3.63, 3.8) is 0 Å². The molecule has 1 aliphatic heterocycles. The van der Waals surface area contributed by atoms with E-state index in [9.17, 15) is 14.2 Å². The number of phosphoric acid groups is 1. The van der Waals surface area contributed by atoms with E-state index in [0.29, 0.717) is 5.56 Å². The van der Waals surface area contributed by atoms with Gasteiger partial charge in [-0.3, -0.25) is 27.9 Å². The first-order valence-corrected chi connectivity index (χ1v) is 19.8. The van der Waals surface area contributed by atoms with Crippen LogP contribution in [0.3, 0.4) is 0 Å². The summed E-state index contributed by atoms with van der Waals surface area (Å²) in [5.74, 6) is 0. The highest BCUT2D eigenvalue weighted by atomic mass is 31.2. The topological polar surface area (TPSA) is 158 Å². The third-order valence-corrected chi connectivity index (χ3v) is 10.2. The van der Waals surface area contributed by atoms with E-state index in [4.69, 9.17) is 23.8 Å². The molecule has 47 heavy (non-hydrogen) atoms. The van der Waals surface area contributed by atoms with Gasteiger partial charge in [-0.15, -0.1) is 0 Å². The predicted molar refractivity (Wildman–Crippen MR) is 187 cm³/mol. The Morgan fingerprint density at radius 1 is 0.830 bits per heavy atom. The number of unbranched alkanes of at least 4 members (excludes halogenated alkanes) is 18. The molecule has 0 aromatic carbocycles. The van der Waals surface area contributed by atoms with Crippen LogP contribution in [0.1, 0.15) is 160 Å². The van der Waals surface area contributed by atoms with Crippen LogP contribution in [0.15, 0.2) is 20.9 Å². The maximum Gasteiger partial charge on any atom is 0.474 e. The molecule has 1 saturated heterocycles. The second-order valence-electron chi connectivity index (χ2n) is 12.9. The molecule has 1 fully saturated rings. The number of aryl methyl sites for hydroxylation is 1. The van der Waals surface area contributed by atoms with Gasteiger partial charge in [-0.2, -0.15) is 0 Å². The smallest absolute Gasteiger partial charge is 0.352 e. The summed E-state index contributed by atoms with van der Waals surface area (Å²) in [7, 11) is -3.92. The first kappa shape index (κ1) is 41.2. The molecule has 3 atom stereocenters. The van der Waals surface area contributed by atoms with Crippen LogP contribution in [-0.2, 0) is 22.9 Å². The number of rotatable bonds is 29. The van der Waals surface area contributed by atoms with Crippen molar-refractivity contribution in [2.45, 2.75) is 174 Å². The molecule has 0 saturated carbocycles. The van der Waals surface area contributed by atoms with Gasteiger partial charge in [0.25, 0.3) is 5.56 Å². The summed E-state index contributed by atoms with van der Waals surface area (Å²) in [6, 6.07) is -0.679. The van der Waals surface area contributed by atoms with E-state index in [1.807, 2.05) is 0 Å². The van der Waals surface area contributed by atoms with Crippen LogP contribution in [0.25, 0.3) is 10.4 Å². The van der Waals surface area contributed by atoms with Crippen LogP contribution >= 0.6 is 7.82 Å². The van der Waals surface area contributed by atoms with Gasteiger partial charge in [0.2, 0.25) is 0 Å². The Bertz CT molecular complexity index is 1160. The van der Waals surface area contributed by atoms with Crippen molar-refractivity contribution in [2.24, 2.45) is 5.11 Å². The number of nitrogens with one attached hydrogen (secondary N) is 1. The van der Waals surface area contributed by atoms with Crippen LogP contribution in [0.5, 0.6) is 0 Å². The van der Waals surface area contributed by atoms with Gasteiger partial charge < -0.3 is 4.74 Å². The minimum atomic E-state index is -3.92. The van der Waals surface area contributed by atoms with Gasteiger partial charge >= 0.3 is 13.5 Å². The number of nitrogens with zero attached hydrogens (tertiary/aromatic N) is 4. The van der Waals surface area contributed by atoms with Crippen molar-refractivity contribution < 1.29 is 22.9 Å². The molecule has 1 N–H and O–H groups in total. The van der Waals surface area contributed by atoms with Gasteiger partial charge in [0.1, 0.15) is 6.23 Å². The lowest BCUT2D eigenvalue weighted by Crippen LogP contribution is -2.33. The Kier molecular flexibility index (Phi) is 22.0.